The molecular weight excluding hydrogens is 474 g/mol. The summed E-state index contributed by atoms with van der Waals surface area (Å²) in [6.07, 6.45) is 0.0530. The quantitative estimate of drug-likeness (QED) is 0.391. The first kappa shape index (κ1) is 23.5. The molecule has 0 aromatic heterocycles. The maximum Gasteiger partial charge on any atom is 0.377 e. The molecule has 0 bridgehead atoms. The van der Waals surface area contributed by atoms with E-state index in [1.165, 1.54) is 12.7 Å². The smallest absolute Gasteiger partial charge is 0.377 e. The summed E-state index contributed by atoms with van der Waals surface area (Å²) in [5.41, 5.74) is 5.00. The predicted molar refractivity (Wildman–Crippen MR) is 124 cm³/mol. The summed E-state index contributed by atoms with van der Waals surface area (Å²) in [7, 11) is 1.52. The van der Waals surface area contributed by atoms with Crippen LogP contribution in [0.4, 0.5) is 0 Å². The Balaban J connectivity index is 0.000000189. The molecule has 4 heterocycles. The summed E-state index contributed by atoms with van der Waals surface area (Å²) in [6, 6.07) is 9.83. The number of aryl methyl sites for hydroxylation is 2. The zero-order chi connectivity index (χ0) is 25.6. The van der Waals surface area contributed by atoms with Crippen molar-refractivity contribution in [1.82, 2.24) is 4.57 Å². The molecule has 0 unspecified atom stereocenters. The Morgan fingerprint density at radius 2 is 1.86 bits per heavy atom. The van der Waals surface area contributed by atoms with Gasteiger partial charge in [0.1, 0.15) is 6.10 Å². The summed E-state index contributed by atoms with van der Waals surface area (Å²) < 4.78 is 22.6. The van der Waals surface area contributed by atoms with Crippen LogP contribution in [0, 0.1) is 0 Å². The van der Waals surface area contributed by atoms with E-state index in [2.05, 4.69) is 21.4 Å². The Morgan fingerprint density at radius 3 is 2.53 bits per heavy atom. The zero-order valence-electron chi connectivity index (χ0n) is 19.1. The van der Waals surface area contributed by atoms with Crippen molar-refractivity contribution < 1.29 is 44.2 Å². The zero-order valence-corrected chi connectivity index (χ0v) is 19.1. The second kappa shape index (κ2) is 9.10. The highest BCUT2D eigenvalue weighted by atomic mass is 16.7. The molecule has 5 aliphatic rings. The number of carbonyl (C=O) groups is 1. The van der Waals surface area contributed by atoms with Crippen LogP contribution in [0.3, 0.4) is 0 Å². The van der Waals surface area contributed by atoms with Crippen molar-refractivity contribution in [3.05, 3.63) is 63.8 Å². The molecule has 6 rings (SSSR count). The maximum absolute atomic E-state index is 12.5. The summed E-state index contributed by atoms with van der Waals surface area (Å²) >= 11 is 0. The first-order valence-electron chi connectivity index (χ1n) is 11.1. The lowest BCUT2D eigenvalue weighted by atomic mass is 9.93. The van der Waals surface area contributed by atoms with Crippen LogP contribution >= 0.6 is 0 Å². The lowest BCUT2D eigenvalue weighted by molar-refractivity contribution is -0.147. The monoisotopic (exact) mass is 497 g/mol. The van der Waals surface area contributed by atoms with Gasteiger partial charge in [-0.25, -0.2) is 4.79 Å². The molecule has 1 aromatic rings. The number of carbonyl (C=O) groups excluding carboxylic acids is 1. The Morgan fingerprint density at radius 1 is 1.11 bits per heavy atom. The van der Waals surface area contributed by atoms with Crippen LogP contribution in [-0.4, -0.2) is 63.7 Å². The van der Waals surface area contributed by atoms with Crippen molar-refractivity contribution >= 4 is 5.97 Å². The molecule has 4 N–H and O–H groups in total. The van der Waals surface area contributed by atoms with Crippen LogP contribution < -0.4 is 19.6 Å². The highest BCUT2D eigenvalue weighted by Crippen LogP contribution is 2.42. The lowest BCUT2D eigenvalue weighted by Gasteiger charge is -2.25. The summed E-state index contributed by atoms with van der Waals surface area (Å²) in [6.45, 7) is 0.430. The molecule has 4 aliphatic heterocycles. The molecule has 0 radical (unpaired) electrons. The number of methoxy groups -OCH3 is 1. The van der Waals surface area contributed by atoms with Gasteiger partial charge in [0.15, 0.2) is 29.1 Å². The number of hydrogen-bond acceptors (Lipinski definition) is 10. The van der Waals surface area contributed by atoms with E-state index in [0.717, 1.165) is 41.3 Å². The Kier molecular flexibility index (Phi) is 5.94. The molecule has 11 nitrogen and oxygen atoms in total. The molecule has 11 heteroatoms. The van der Waals surface area contributed by atoms with E-state index in [1.807, 2.05) is 18.3 Å². The molecule has 36 heavy (non-hydrogen) atoms. The molecule has 0 spiro atoms. The molecule has 0 amide bonds. The first-order valence-corrected chi connectivity index (χ1v) is 11.1. The number of hydrogen-bond donors (Lipinski definition) is 4. The average Bonchev–Trinajstić information content (AvgIpc) is 3.46. The first-order chi connectivity index (χ1) is 17.3. The van der Waals surface area contributed by atoms with Gasteiger partial charge in [-0.05, 0) is 41.8 Å². The fourth-order valence-electron chi connectivity index (χ4n) is 4.38. The number of rotatable bonds is 3. The molecule has 1 aliphatic carbocycles. The number of aliphatic hydroxyl groups is 4. The molecule has 0 saturated carbocycles. The van der Waals surface area contributed by atoms with Crippen LogP contribution in [0.15, 0.2) is 52.8 Å². The van der Waals surface area contributed by atoms with Crippen molar-refractivity contribution in [1.29, 1.82) is 0 Å². The van der Waals surface area contributed by atoms with Crippen LogP contribution in [-0.2, 0) is 22.5 Å². The van der Waals surface area contributed by atoms with E-state index in [1.54, 1.807) is 6.07 Å². The maximum atomic E-state index is 12.5. The van der Waals surface area contributed by atoms with Crippen molar-refractivity contribution in [3.63, 3.8) is 0 Å². The minimum atomic E-state index is -1.42. The third kappa shape index (κ3) is 3.88. The van der Waals surface area contributed by atoms with Gasteiger partial charge in [-0.15, -0.1) is 0 Å². The summed E-state index contributed by atoms with van der Waals surface area (Å²) in [4.78, 5) is 23.0. The number of ether oxygens (including phenoxy) is 4. The average molecular weight is 497 g/mol. The van der Waals surface area contributed by atoms with E-state index < -0.39 is 36.3 Å². The Labute approximate surface area is 204 Å². The normalized spacial score (nSPS) is 18.2. The number of esters is 1. The summed E-state index contributed by atoms with van der Waals surface area (Å²) in [5.74, 6) is -0.808. The van der Waals surface area contributed by atoms with E-state index >= 15 is 0 Å². The van der Waals surface area contributed by atoms with Gasteiger partial charge in [0, 0.05) is 29.6 Å². The fraction of sp³-hybridized carbons (Fsp3) is 0.280. The third-order valence-corrected chi connectivity index (χ3v) is 6.27. The minimum absolute atomic E-state index is 0.0678. The predicted octanol–water partition coefficient (Wildman–Crippen LogP) is 1.51. The number of aliphatic hydroxyl groups excluding tert-OH is 4. The minimum Gasteiger partial charge on any atom is -0.505 e. The molecule has 0 fully saturated rings. The molecule has 0 saturated heterocycles. The van der Waals surface area contributed by atoms with E-state index in [9.17, 15) is 9.59 Å². The Hall–Kier alpha value is -4.22. The standard InChI is InChI=1S/C19H15NO4.C6H8O6/c1-22-16-3-2-11-6-15-13-8-18-17(23-10-24-18)7-12(13)4-5-20(15)9-14(11)19(16)21;7-1-2(8)5-3(9)4(10)6(11)12-5/h2-3,6-9H,4-5,10H2,1H3;2,5,7-10H,1H2/t;2-,5+/m.0/s1. The Bertz CT molecular complexity index is 1410. The van der Waals surface area contributed by atoms with Gasteiger partial charge < -0.3 is 43.9 Å². The van der Waals surface area contributed by atoms with Crippen LogP contribution in [0.1, 0.15) is 5.56 Å². The van der Waals surface area contributed by atoms with Crippen molar-refractivity contribution in [2.24, 2.45) is 0 Å². The largest absolute Gasteiger partial charge is 0.505 e. The topological polar surface area (TPSA) is 157 Å². The number of fused-ring (bicyclic) bond motifs is 5. The number of nitrogens with zero attached hydrogens (tertiary/aromatic N) is 1. The van der Waals surface area contributed by atoms with Crippen molar-refractivity contribution in [3.8, 4) is 39.6 Å². The van der Waals surface area contributed by atoms with E-state index in [-0.39, 0.29) is 12.2 Å². The molecule has 2 atom stereocenters. The highest BCUT2D eigenvalue weighted by molar-refractivity contribution is 5.89. The third-order valence-electron chi connectivity index (χ3n) is 6.27. The van der Waals surface area contributed by atoms with Crippen molar-refractivity contribution in [2.45, 2.75) is 25.2 Å². The SMILES string of the molecule is COc1ccc2cc3n(cc-2c1=O)CCc1cc2c(cc1-3)OCO2.O=C1O[C@H]([C@@H](O)CO)C(O)=C1O. The highest BCUT2D eigenvalue weighted by Gasteiger charge is 2.38. The second-order valence-electron chi connectivity index (χ2n) is 8.37. The van der Waals surface area contributed by atoms with Crippen LogP contribution in [0.5, 0.6) is 17.2 Å². The lowest BCUT2D eigenvalue weighted by Crippen LogP contribution is -2.31. The van der Waals surface area contributed by atoms with E-state index in [0.29, 0.717) is 11.3 Å². The van der Waals surface area contributed by atoms with Gasteiger partial charge in [0.05, 0.1) is 13.7 Å². The number of pyridine rings is 1. The number of cyclic esters (lactones) is 1. The van der Waals surface area contributed by atoms with Crippen LogP contribution in [0.25, 0.3) is 22.4 Å². The molecule has 1 aromatic carbocycles. The van der Waals surface area contributed by atoms with Gasteiger partial charge in [-0.2, -0.15) is 0 Å². The van der Waals surface area contributed by atoms with E-state index in [4.69, 9.17) is 34.6 Å². The van der Waals surface area contributed by atoms with Gasteiger partial charge in [-0.1, -0.05) is 6.07 Å². The second-order valence-corrected chi connectivity index (χ2v) is 8.37. The van der Waals surface area contributed by atoms with Gasteiger partial charge in [-0.3, -0.25) is 4.79 Å². The van der Waals surface area contributed by atoms with Gasteiger partial charge in [0.25, 0.3) is 0 Å². The number of benzene rings is 2. The fourth-order valence-corrected chi connectivity index (χ4v) is 4.38. The van der Waals surface area contributed by atoms with Crippen molar-refractivity contribution in [2.75, 3.05) is 20.5 Å². The number of aromatic nitrogens is 1. The van der Waals surface area contributed by atoms with Gasteiger partial charge >= 0.3 is 5.97 Å². The van der Waals surface area contributed by atoms with Crippen LogP contribution in [0.2, 0.25) is 0 Å². The summed E-state index contributed by atoms with van der Waals surface area (Å²) in [5, 5.41) is 35.0. The van der Waals surface area contributed by atoms with Gasteiger partial charge in [0.2, 0.25) is 18.0 Å². The molecular formula is C25H23NO10. The molecule has 188 valence electrons.